The Morgan fingerprint density at radius 1 is 1.16 bits per heavy atom. The van der Waals surface area contributed by atoms with Gasteiger partial charge in [-0.05, 0) is 23.4 Å². The molecule has 1 atom stereocenters. The number of hydrogen-bond acceptors (Lipinski definition) is 4. The van der Waals surface area contributed by atoms with Crippen LogP contribution in [0.25, 0.3) is 0 Å². The van der Waals surface area contributed by atoms with Gasteiger partial charge in [0.05, 0.1) is 0 Å². The van der Waals surface area contributed by atoms with Gasteiger partial charge in [-0.25, -0.2) is 4.79 Å². The second-order valence-electron chi connectivity index (χ2n) is 5.80. The average Bonchev–Trinajstić information content (AvgIpc) is 3.20. The average molecular weight is 357 g/mol. The molecule has 1 aromatic carbocycles. The van der Waals surface area contributed by atoms with Gasteiger partial charge in [0.25, 0.3) is 5.91 Å². The summed E-state index contributed by atoms with van der Waals surface area (Å²) in [4.78, 5) is 38.5. The molecular formula is C18H19N3O3S. The number of nitrogens with one attached hydrogen (secondary N) is 2. The number of urea groups is 1. The van der Waals surface area contributed by atoms with Crippen molar-refractivity contribution < 1.29 is 14.4 Å². The molecule has 3 rings (SSSR count). The molecule has 2 heterocycles. The molecule has 2 N–H and O–H groups in total. The second kappa shape index (κ2) is 7.94. The molecule has 1 aromatic heterocycles. The van der Waals surface area contributed by atoms with Crippen molar-refractivity contribution in [3.63, 3.8) is 0 Å². The largest absolute Gasteiger partial charge is 0.354 e. The third-order valence-electron chi connectivity index (χ3n) is 3.97. The lowest BCUT2D eigenvalue weighted by Crippen LogP contribution is -2.41. The number of thiophene rings is 1. The highest BCUT2D eigenvalue weighted by molar-refractivity contribution is 7.09. The molecule has 4 amide bonds. The van der Waals surface area contributed by atoms with Crippen LogP contribution >= 0.6 is 11.3 Å². The SMILES string of the molecule is O=C(CN1C(=O)NC(Cc2ccccc2)C1=O)NCCc1cccs1. The monoisotopic (exact) mass is 357 g/mol. The minimum absolute atomic E-state index is 0.250. The van der Waals surface area contributed by atoms with Crippen LogP contribution in [0, 0.1) is 0 Å². The van der Waals surface area contributed by atoms with Crippen LogP contribution in [0.5, 0.6) is 0 Å². The normalized spacial score (nSPS) is 16.8. The minimum Gasteiger partial charge on any atom is -0.354 e. The Labute approximate surface area is 149 Å². The lowest BCUT2D eigenvalue weighted by molar-refractivity contribution is -0.132. The lowest BCUT2D eigenvalue weighted by atomic mass is 10.1. The first-order valence-corrected chi connectivity index (χ1v) is 8.96. The van der Waals surface area contributed by atoms with E-state index in [1.54, 1.807) is 11.3 Å². The van der Waals surface area contributed by atoms with Gasteiger partial charge in [0, 0.05) is 17.8 Å². The summed E-state index contributed by atoms with van der Waals surface area (Å²) in [7, 11) is 0. The molecule has 130 valence electrons. The Hall–Kier alpha value is -2.67. The highest BCUT2D eigenvalue weighted by Gasteiger charge is 2.38. The van der Waals surface area contributed by atoms with Crippen molar-refractivity contribution in [3.05, 3.63) is 58.3 Å². The summed E-state index contributed by atoms with van der Waals surface area (Å²) in [6.07, 6.45) is 1.15. The topological polar surface area (TPSA) is 78.5 Å². The number of carbonyl (C=O) groups excluding carboxylic acids is 3. The number of nitrogens with zero attached hydrogens (tertiary/aromatic N) is 1. The second-order valence-corrected chi connectivity index (χ2v) is 6.83. The van der Waals surface area contributed by atoms with Gasteiger partial charge in [-0.2, -0.15) is 0 Å². The van der Waals surface area contributed by atoms with Crippen molar-refractivity contribution in [1.29, 1.82) is 0 Å². The number of imide groups is 1. The Bertz CT molecular complexity index is 746. The van der Waals surface area contributed by atoms with Gasteiger partial charge in [0.1, 0.15) is 12.6 Å². The molecular weight excluding hydrogens is 338 g/mol. The fourth-order valence-electron chi connectivity index (χ4n) is 2.69. The molecule has 1 fully saturated rings. The van der Waals surface area contributed by atoms with Crippen LogP contribution in [0.3, 0.4) is 0 Å². The Morgan fingerprint density at radius 3 is 2.68 bits per heavy atom. The molecule has 1 saturated heterocycles. The van der Waals surface area contributed by atoms with E-state index < -0.39 is 12.1 Å². The number of rotatable bonds is 7. The van der Waals surface area contributed by atoms with Crippen LogP contribution < -0.4 is 10.6 Å². The molecule has 1 aliphatic rings. The van der Waals surface area contributed by atoms with Crippen LogP contribution in [-0.2, 0) is 22.4 Å². The van der Waals surface area contributed by atoms with Crippen molar-refractivity contribution in [2.24, 2.45) is 0 Å². The fourth-order valence-corrected chi connectivity index (χ4v) is 3.40. The van der Waals surface area contributed by atoms with Gasteiger partial charge in [-0.15, -0.1) is 11.3 Å². The van der Waals surface area contributed by atoms with Crippen molar-refractivity contribution >= 4 is 29.2 Å². The zero-order valence-corrected chi connectivity index (χ0v) is 14.4. The van der Waals surface area contributed by atoms with Crippen LogP contribution in [0.15, 0.2) is 47.8 Å². The molecule has 0 saturated carbocycles. The predicted octanol–water partition coefficient (Wildman–Crippen LogP) is 1.57. The Balaban J connectivity index is 1.49. The third kappa shape index (κ3) is 4.45. The molecule has 0 aliphatic carbocycles. The highest BCUT2D eigenvalue weighted by Crippen LogP contribution is 2.12. The molecule has 7 heteroatoms. The number of amides is 4. The lowest BCUT2D eigenvalue weighted by Gasteiger charge is -2.13. The summed E-state index contributed by atoms with van der Waals surface area (Å²) in [5, 5.41) is 7.38. The van der Waals surface area contributed by atoms with Crippen LogP contribution in [0.4, 0.5) is 4.79 Å². The van der Waals surface area contributed by atoms with Gasteiger partial charge in [-0.3, -0.25) is 14.5 Å². The first-order valence-electron chi connectivity index (χ1n) is 8.08. The molecule has 0 radical (unpaired) electrons. The van der Waals surface area contributed by atoms with Crippen LogP contribution in [0.1, 0.15) is 10.4 Å². The highest BCUT2D eigenvalue weighted by atomic mass is 32.1. The molecule has 1 aliphatic heterocycles. The van der Waals surface area contributed by atoms with E-state index in [1.807, 2.05) is 47.8 Å². The fraction of sp³-hybridized carbons (Fsp3) is 0.278. The summed E-state index contributed by atoms with van der Waals surface area (Å²) in [5.74, 6) is -0.692. The molecule has 1 unspecified atom stereocenters. The maximum atomic E-state index is 12.4. The van der Waals surface area contributed by atoms with Gasteiger partial charge < -0.3 is 10.6 Å². The summed E-state index contributed by atoms with van der Waals surface area (Å²) >= 11 is 1.63. The third-order valence-corrected chi connectivity index (χ3v) is 4.90. The van der Waals surface area contributed by atoms with Crippen LogP contribution in [0.2, 0.25) is 0 Å². The molecule has 25 heavy (non-hydrogen) atoms. The van der Waals surface area contributed by atoms with E-state index >= 15 is 0 Å². The zero-order chi connectivity index (χ0) is 17.6. The van der Waals surface area contributed by atoms with E-state index in [9.17, 15) is 14.4 Å². The van der Waals surface area contributed by atoms with E-state index in [-0.39, 0.29) is 18.4 Å². The molecule has 2 aromatic rings. The molecule has 6 nitrogen and oxygen atoms in total. The number of carbonyl (C=O) groups is 3. The summed E-state index contributed by atoms with van der Waals surface area (Å²) < 4.78 is 0. The van der Waals surface area contributed by atoms with E-state index in [4.69, 9.17) is 0 Å². The van der Waals surface area contributed by atoms with Crippen molar-refractivity contribution in [3.8, 4) is 0 Å². The Kier molecular flexibility index (Phi) is 5.45. The molecule has 0 spiro atoms. The Morgan fingerprint density at radius 2 is 1.96 bits per heavy atom. The van der Waals surface area contributed by atoms with Crippen molar-refractivity contribution in [2.45, 2.75) is 18.9 Å². The van der Waals surface area contributed by atoms with E-state index in [0.29, 0.717) is 13.0 Å². The predicted molar refractivity (Wildman–Crippen MR) is 95.2 cm³/mol. The van der Waals surface area contributed by atoms with Crippen LogP contribution in [-0.4, -0.2) is 41.9 Å². The maximum Gasteiger partial charge on any atom is 0.325 e. The smallest absolute Gasteiger partial charge is 0.325 e. The standard InChI is InChI=1S/C18H19N3O3S/c22-16(19-9-8-14-7-4-10-25-14)12-21-17(23)15(20-18(21)24)11-13-5-2-1-3-6-13/h1-7,10,15H,8-9,11-12H2,(H,19,22)(H,20,24). The summed E-state index contributed by atoms with van der Waals surface area (Å²) in [6, 6.07) is 12.3. The molecule has 0 bridgehead atoms. The number of benzene rings is 1. The van der Waals surface area contributed by atoms with Gasteiger partial charge in [0.15, 0.2) is 0 Å². The quantitative estimate of drug-likeness (QED) is 0.739. The van der Waals surface area contributed by atoms with E-state index in [1.165, 1.54) is 4.88 Å². The first-order chi connectivity index (χ1) is 12.1. The van der Waals surface area contributed by atoms with Gasteiger partial charge in [-0.1, -0.05) is 36.4 Å². The van der Waals surface area contributed by atoms with E-state index in [0.717, 1.165) is 16.9 Å². The first kappa shape index (κ1) is 17.2. The summed E-state index contributed by atoms with van der Waals surface area (Å²) in [5.41, 5.74) is 0.961. The summed E-state index contributed by atoms with van der Waals surface area (Å²) in [6.45, 7) is 0.233. The minimum atomic E-state index is -0.617. The maximum absolute atomic E-state index is 12.4. The van der Waals surface area contributed by atoms with Gasteiger partial charge in [0.2, 0.25) is 5.91 Å². The van der Waals surface area contributed by atoms with Crippen molar-refractivity contribution in [1.82, 2.24) is 15.5 Å². The zero-order valence-electron chi connectivity index (χ0n) is 13.6. The van der Waals surface area contributed by atoms with Gasteiger partial charge >= 0.3 is 6.03 Å². The van der Waals surface area contributed by atoms with Crippen molar-refractivity contribution in [2.75, 3.05) is 13.1 Å². The van der Waals surface area contributed by atoms with E-state index in [2.05, 4.69) is 10.6 Å². The number of hydrogen-bond donors (Lipinski definition) is 2.